The van der Waals surface area contributed by atoms with Gasteiger partial charge in [-0.3, -0.25) is 14.4 Å². The van der Waals surface area contributed by atoms with Gasteiger partial charge in [-0.1, -0.05) is 25.1 Å². The summed E-state index contributed by atoms with van der Waals surface area (Å²) in [5, 5.41) is 3.41. The Kier molecular flexibility index (Phi) is 6.56. The Bertz CT molecular complexity index is 1560. The Morgan fingerprint density at radius 3 is 2.71 bits per heavy atom. The fourth-order valence-corrected chi connectivity index (χ4v) is 5.07. The molecule has 0 unspecified atom stereocenters. The second-order valence-corrected chi connectivity index (χ2v) is 9.56. The minimum atomic E-state index is -1.83. The molecule has 4 heterocycles. The second-order valence-electron chi connectivity index (χ2n) is 9.56. The molecular weight excluding hydrogens is 490 g/mol. The number of aromatic nitrogens is 2. The molecule has 10 heteroatoms. The molecular formula is C28H27N3O7. The standard InChI is InChI=1S/C28H27N3O7/c1-3-28(38-24(34)13-29-23(33)10-6-7-16(2)32)20-12-22-25-18(11-17-8-4-5-9-21(17)30-25)14-31(22)26(35)19(20)15-37-27(28)36/h4-5,8-9,11-12H,3,6-7,10,13-15H2,1-2H3,(H,29,33)/t28-/m0/s1. The first kappa shape index (κ1) is 25.3. The van der Waals surface area contributed by atoms with E-state index >= 15 is 0 Å². The number of hydrogen-bond donors (Lipinski definition) is 1. The number of cyclic esters (lactones) is 1. The lowest BCUT2D eigenvalue weighted by Gasteiger charge is -2.35. The first-order valence-corrected chi connectivity index (χ1v) is 12.5. The Hall–Kier alpha value is -4.34. The molecule has 1 aromatic carbocycles. The average molecular weight is 518 g/mol. The summed E-state index contributed by atoms with van der Waals surface area (Å²) in [5.41, 5.74) is 1.18. The summed E-state index contributed by atoms with van der Waals surface area (Å²) in [6, 6.07) is 11.3. The molecule has 0 bridgehead atoms. The number of fused-ring (bicyclic) bond motifs is 5. The number of pyridine rings is 2. The van der Waals surface area contributed by atoms with E-state index in [-0.39, 0.29) is 48.3 Å². The smallest absolute Gasteiger partial charge is 0.355 e. The van der Waals surface area contributed by atoms with Crippen LogP contribution in [0.5, 0.6) is 0 Å². The van der Waals surface area contributed by atoms with Crippen LogP contribution in [-0.2, 0) is 47.4 Å². The highest BCUT2D eigenvalue weighted by Crippen LogP contribution is 2.40. The summed E-state index contributed by atoms with van der Waals surface area (Å²) in [4.78, 5) is 67.3. The largest absolute Gasteiger partial charge is 0.457 e. The van der Waals surface area contributed by atoms with Crippen LogP contribution in [-0.4, -0.2) is 39.7 Å². The highest BCUT2D eigenvalue weighted by atomic mass is 16.6. The van der Waals surface area contributed by atoms with E-state index in [2.05, 4.69) is 5.32 Å². The van der Waals surface area contributed by atoms with Crippen LogP contribution in [0.4, 0.5) is 0 Å². The fraction of sp³-hybridized carbons (Fsp3) is 0.357. The fourth-order valence-electron chi connectivity index (χ4n) is 5.07. The van der Waals surface area contributed by atoms with Gasteiger partial charge in [0, 0.05) is 29.4 Å². The number of para-hydroxylation sites is 1. The van der Waals surface area contributed by atoms with E-state index < -0.39 is 30.0 Å². The third kappa shape index (κ3) is 4.36. The van der Waals surface area contributed by atoms with Gasteiger partial charge in [0.05, 0.1) is 29.0 Å². The van der Waals surface area contributed by atoms with Crippen molar-refractivity contribution in [2.75, 3.05) is 6.54 Å². The topological polar surface area (TPSA) is 134 Å². The van der Waals surface area contributed by atoms with Crippen molar-refractivity contribution in [3.05, 3.63) is 63.4 Å². The van der Waals surface area contributed by atoms with Crippen LogP contribution in [0.2, 0.25) is 0 Å². The van der Waals surface area contributed by atoms with E-state index in [9.17, 15) is 24.0 Å². The van der Waals surface area contributed by atoms with Gasteiger partial charge in [-0.05, 0) is 38.0 Å². The predicted molar refractivity (Wildman–Crippen MR) is 136 cm³/mol. The Morgan fingerprint density at radius 1 is 1.16 bits per heavy atom. The lowest BCUT2D eigenvalue weighted by molar-refractivity contribution is -0.189. The van der Waals surface area contributed by atoms with Gasteiger partial charge >= 0.3 is 11.9 Å². The molecule has 38 heavy (non-hydrogen) atoms. The maximum absolute atomic E-state index is 13.5. The minimum absolute atomic E-state index is 0.0232. The molecule has 0 aliphatic carbocycles. The Morgan fingerprint density at radius 2 is 1.95 bits per heavy atom. The third-order valence-corrected chi connectivity index (χ3v) is 7.04. The number of ether oxygens (including phenoxy) is 2. The molecule has 1 N–H and O–H groups in total. The van der Waals surface area contributed by atoms with E-state index in [0.717, 1.165) is 16.5 Å². The Labute approximate surface area is 218 Å². The normalized spacial score (nSPS) is 17.3. The zero-order chi connectivity index (χ0) is 27.0. The number of carbonyl (C=O) groups is 4. The van der Waals surface area contributed by atoms with Crippen LogP contribution in [0.1, 0.15) is 56.2 Å². The number of carbonyl (C=O) groups excluding carboxylic acids is 4. The number of esters is 2. The van der Waals surface area contributed by atoms with Gasteiger partial charge in [0.2, 0.25) is 11.5 Å². The maximum Gasteiger partial charge on any atom is 0.355 e. The number of rotatable bonds is 8. The molecule has 1 amide bonds. The minimum Gasteiger partial charge on any atom is -0.457 e. The summed E-state index contributed by atoms with van der Waals surface area (Å²) < 4.78 is 12.6. The van der Waals surface area contributed by atoms with Crippen molar-refractivity contribution in [2.24, 2.45) is 0 Å². The molecule has 0 fully saturated rings. The van der Waals surface area contributed by atoms with Crippen molar-refractivity contribution in [2.45, 2.75) is 58.3 Å². The molecule has 0 spiro atoms. The SMILES string of the molecule is CC[C@@]1(OC(=O)CNC(=O)CCCC(C)=O)C(=O)OCc2c1cc1n(c2=O)Cc2cc3ccccc3nc2-1. The van der Waals surface area contributed by atoms with E-state index in [0.29, 0.717) is 24.4 Å². The molecule has 5 rings (SSSR count). The highest BCUT2D eigenvalue weighted by molar-refractivity contribution is 5.89. The average Bonchev–Trinajstić information content (AvgIpc) is 3.25. The van der Waals surface area contributed by atoms with Crippen molar-refractivity contribution in [1.82, 2.24) is 14.9 Å². The summed E-state index contributed by atoms with van der Waals surface area (Å²) in [6.07, 6.45) is 0.750. The molecule has 0 radical (unpaired) electrons. The number of nitrogens with zero attached hydrogens (tertiary/aromatic N) is 2. The monoisotopic (exact) mass is 517 g/mol. The molecule has 2 aliphatic heterocycles. The number of amides is 1. The number of benzene rings is 1. The number of nitrogens with one attached hydrogen (secondary N) is 1. The lowest BCUT2D eigenvalue weighted by Crippen LogP contribution is -2.48. The maximum atomic E-state index is 13.5. The van der Waals surface area contributed by atoms with Gasteiger partial charge in [-0.15, -0.1) is 0 Å². The summed E-state index contributed by atoms with van der Waals surface area (Å²) in [7, 11) is 0. The second kappa shape index (κ2) is 9.85. The van der Waals surface area contributed by atoms with Crippen molar-refractivity contribution in [1.29, 1.82) is 0 Å². The predicted octanol–water partition coefficient (Wildman–Crippen LogP) is 2.51. The molecule has 2 aliphatic rings. The van der Waals surface area contributed by atoms with Gasteiger partial charge in [-0.25, -0.2) is 9.78 Å². The van der Waals surface area contributed by atoms with Gasteiger partial charge in [0.25, 0.3) is 5.56 Å². The molecule has 3 aromatic rings. The van der Waals surface area contributed by atoms with Crippen molar-refractivity contribution < 1.29 is 28.7 Å². The molecule has 1 atom stereocenters. The van der Waals surface area contributed by atoms with Crippen molar-refractivity contribution in [3.63, 3.8) is 0 Å². The quantitative estimate of drug-likeness (QED) is 0.353. The van der Waals surface area contributed by atoms with Crippen LogP contribution in [0, 0.1) is 0 Å². The van der Waals surface area contributed by atoms with Crippen molar-refractivity contribution in [3.8, 4) is 11.4 Å². The zero-order valence-corrected chi connectivity index (χ0v) is 21.2. The molecule has 196 valence electrons. The summed E-state index contributed by atoms with van der Waals surface area (Å²) >= 11 is 0. The summed E-state index contributed by atoms with van der Waals surface area (Å²) in [5.74, 6) is -2.05. The van der Waals surface area contributed by atoms with E-state index in [1.54, 1.807) is 17.6 Å². The van der Waals surface area contributed by atoms with Crippen LogP contribution in [0.25, 0.3) is 22.3 Å². The summed E-state index contributed by atoms with van der Waals surface area (Å²) in [6.45, 7) is 2.74. The van der Waals surface area contributed by atoms with Crippen LogP contribution < -0.4 is 10.9 Å². The Balaban J connectivity index is 1.46. The first-order chi connectivity index (χ1) is 18.2. The molecule has 2 aromatic heterocycles. The molecule has 0 saturated carbocycles. The number of Topliss-reactive ketones (excluding diaryl/α,β-unsaturated/α-hetero) is 1. The number of ketones is 1. The highest BCUT2D eigenvalue weighted by Gasteiger charge is 2.50. The lowest BCUT2D eigenvalue weighted by atomic mass is 9.85. The van der Waals surface area contributed by atoms with Gasteiger partial charge in [0.15, 0.2) is 0 Å². The van der Waals surface area contributed by atoms with E-state index in [1.165, 1.54) is 6.92 Å². The van der Waals surface area contributed by atoms with Crippen LogP contribution in [0.15, 0.2) is 41.2 Å². The van der Waals surface area contributed by atoms with Gasteiger partial charge < -0.3 is 24.2 Å². The van der Waals surface area contributed by atoms with E-state index in [1.807, 2.05) is 30.3 Å². The number of hydrogen-bond acceptors (Lipinski definition) is 8. The van der Waals surface area contributed by atoms with Gasteiger partial charge in [-0.2, -0.15) is 0 Å². The van der Waals surface area contributed by atoms with Crippen LogP contribution in [0.3, 0.4) is 0 Å². The third-order valence-electron chi connectivity index (χ3n) is 7.04. The first-order valence-electron chi connectivity index (χ1n) is 12.5. The molecule has 0 saturated heterocycles. The van der Waals surface area contributed by atoms with Gasteiger partial charge in [0.1, 0.15) is 18.9 Å². The van der Waals surface area contributed by atoms with Crippen LogP contribution >= 0.6 is 0 Å². The van der Waals surface area contributed by atoms with Crippen molar-refractivity contribution >= 4 is 34.5 Å². The molecule has 10 nitrogen and oxygen atoms in total. The zero-order valence-electron chi connectivity index (χ0n) is 21.2. The van der Waals surface area contributed by atoms with E-state index in [4.69, 9.17) is 14.5 Å².